The maximum absolute atomic E-state index is 11.9. The van der Waals surface area contributed by atoms with E-state index in [1.165, 1.54) is 0 Å². The Kier molecular flexibility index (Phi) is 5.36. The van der Waals surface area contributed by atoms with E-state index in [0.29, 0.717) is 6.54 Å². The highest BCUT2D eigenvalue weighted by Crippen LogP contribution is 2.28. The lowest BCUT2D eigenvalue weighted by Crippen LogP contribution is -2.26. The summed E-state index contributed by atoms with van der Waals surface area (Å²) < 4.78 is 10.6. The van der Waals surface area contributed by atoms with Gasteiger partial charge in [0.2, 0.25) is 0 Å². The minimum atomic E-state index is -0.475. The summed E-state index contributed by atoms with van der Waals surface area (Å²) in [6.07, 6.45) is 0.258. The number of nitrogens with two attached hydrogens (primary N) is 1. The highest BCUT2D eigenvalue weighted by atomic mass is 16.6. The summed E-state index contributed by atoms with van der Waals surface area (Å²) in [5, 5.41) is 0. The number of para-hydroxylation sites is 1. The zero-order chi connectivity index (χ0) is 14.5. The van der Waals surface area contributed by atoms with Crippen molar-refractivity contribution in [3.8, 4) is 5.75 Å². The van der Waals surface area contributed by atoms with E-state index in [-0.39, 0.29) is 18.3 Å². The van der Waals surface area contributed by atoms with E-state index >= 15 is 0 Å². The SMILES string of the molecule is COc1ccccc1C(CN)CC(=O)OC(C)(C)C. The van der Waals surface area contributed by atoms with Gasteiger partial charge >= 0.3 is 5.97 Å². The van der Waals surface area contributed by atoms with Gasteiger partial charge in [0.15, 0.2) is 0 Å². The van der Waals surface area contributed by atoms with Crippen LogP contribution in [-0.4, -0.2) is 25.2 Å². The summed E-state index contributed by atoms with van der Waals surface area (Å²) in [7, 11) is 1.61. The Morgan fingerprint density at radius 3 is 2.47 bits per heavy atom. The number of ether oxygens (including phenoxy) is 2. The Labute approximate surface area is 114 Å². The van der Waals surface area contributed by atoms with Gasteiger partial charge in [-0.2, -0.15) is 0 Å². The van der Waals surface area contributed by atoms with Gasteiger partial charge in [0.1, 0.15) is 11.4 Å². The molecule has 0 spiro atoms. The Bertz CT molecular complexity index is 424. The predicted molar refractivity (Wildman–Crippen MR) is 75.3 cm³/mol. The molecule has 0 radical (unpaired) electrons. The first-order valence-electron chi connectivity index (χ1n) is 6.42. The zero-order valence-corrected chi connectivity index (χ0v) is 12.1. The normalized spacial score (nSPS) is 12.9. The molecule has 1 aromatic rings. The summed E-state index contributed by atoms with van der Waals surface area (Å²) in [5.41, 5.74) is 6.24. The molecule has 4 nitrogen and oxygen atoms in total. The number of benzene rings is 1. The van der Waals surface area contributed by atoms with Crippen LogP contribution in [0.1, 0.15) is 38.7 Å². The van der Waals surface area contributed by atoms with Crippen molar-refractivity contribution in [2.24, 2.45) is 5.73 Å². The van der Waals surface area contributed by atoms with E-state index in [2.05, 4.69) is 0 Å². The smallest absolute Gasteiger partial charge is 0.306 e. The van der Waals surface area contributed by atoms with Crippen molar-refractivity contribution in [2.75, 3.05) is 13.7 Å². The van der Waals surface area contributed by atoms with Gasteiger partial charge < -0.3 is 15.2 Å². The molecular weight excluding hydrogens is 242 g/mol. The molecule has 2 N–H and O–H groups in total. The number of esters is 1. The maximum atomic E-state index is 11.9. The Morgan fingerprint density at radius 1 is 1.32 bits per heavy atom. The molecule has 0 bridgehead atoms. The summed E-state index contributed by atoms with van der Waals surface area (Å²) in [4.78, 5) is 11.9. The largest absolute Gasteiger partial charge is 0.496 e. The third kappa shape index (κ3) is 4.91. The standard InChI is InChI=1S/C15H23NO3/c1-15(2,3)19-14(17)9-11(10-16)12-7-5-6-8-13(12)18-4/h5-8,11H,9-10,16H2,1-4H3. The van der Waals surface area contributed by atoms with Crippen LogP contribution in [0.3, 0.4) is 0 Å². The van der Waals surface area contributed by atoms with Crippen molar-refractivity contribution in [1.82, 2.24) is 0 Å². The predicted octanol–water partition coefficient (Wildman–Crippen LogP) is 2.47. The molecule has 106 valence electrons. The lowest BCUT2D eigenvalue weighted by atomic mass is 9.95. The second kappa shape index (κ2) is 6.57. The molecule has 1 aromatic carbocycles. The zero-order valence-electron chi connectivity index (χ0n) is 12.1. The van der Waals surface area contributed by atoms with Gasteiger partial charge in [0.25, 0.3) is 0 Å². The van der Waals surface area contributed by atoms with Crippen LogP contribution < -0.4 is 10.5 Å². The molecule has 0 aromatic heterocycles. The first-order valence-corrected chi connectivity index (χ1v) is 6.42. The molecule has 0 aliphatic heterocycles. The molecule has 19 heavy (non-hydrogen) atoms. The number of rotatable bonds is 5. The second-order valence-electron chi connectivity index (χ2n) is 5.47. The van der Waals surface area contributed by atoms with Gasteiger partial charge in [0, 0.05) is 5.92 Å². The fourth-order valence-corrected chi connectivity index (χ4v) is 1.91. The van der Waals surface area contributed by atoms with Crippen LogP contribution >= 0.6 is 0 Å². The van der Waals surface area contributed by atoms with E-state index in [1.54, 1.807) is 7.11 Å². The highest BCUT2D eigenvalue weighted by Gasteiger charge is 2.22. The fourth-order valence-electron chi connectivity index (χ4n) is 1.91. The minimum Gasteiger partial charge on any atom is -0.496 e. The molecule has 0 heterocycles. The lowest BCUT2D eigenvalue weighted by Gasteiger charge is -2.22. The number of carbonyl (C=O) groups excluding carboxylic acids is 1. The Hall–Kier alpha value is -1.55. The first kappa shape index (κ1) is 15.5. The van der Waals surface area contributed by atoms with E-state index in [9.17, 15) is 4.79 Å². The van der Waals surface area contributed by atoms with Crippen LogP contribution in [0.5, 0.6) is 5.75 Å². The van der Waals surface area contributed by atoms with Gasteiger partial charge in [0.05, 0.1) is 13.5 Å². The first-order chi connectivity index (χ1) is 8.87. The number of carbonyl (C=O) groups is 1. The third-order valence-electron chi connectivity index (χ3n) is 2.70. The molecule has 0 saturated heterocycles. The van der Waals surface area contributed by atoms with E-state index < -0.39 is 5.60 Å². The van der Waals surface area contributed by atoms with Crippen LogP contribution in [0.25, 0.3) is 0 Å². The number of hydrogen-bond acceptors (Lipinski definition) is 4. The molecular formula is C15H23NO3. The van der Waals surface area contributed by atoms with Crippen LogP contribution in [0.4, 0.5) is 0 Å². The number of hydrogen-bond donors (Lipinski definition) is 1. The van der Waals surface area contributed by atoms with Crippen LogP contribution in [0.2, 0.25) is 0 Å². The molecule has 0 saturated carbocycles. The van der Waals surface area contributed by atoms with E-state index in [1.807, 2.05) is 45.0 Å². The van der Waals surface area contributed by atoms with Gasteiger partial charge in [-0.05, 0) is 38.9 Å². The Morgan fingerprint density at radius 2 is 1.95 bits per heavy atom. The average molecular weight is 265 g/mol. The fraction of sp³-hybridized carbons (Fsp3) is 0.533. The average Bonchev–Trinajstić information content (AvgIpc) is 2.33. The molecule has 0 aliphatic rings. The van der Waals surface area contributed by atoms with Crippen LogP contribution in [0.15, 0.2) is 24.3 Å². The molecule has 4 heteroatoms. The van der Waals surface area contributed by atoms with Gasteiger partial charge in [-0.15, -0.1) is 0 Å². The second-order valence-corrected chi connectivity index (χ2v) is 5.47. The van der Waals surface area contributed by atoms with Crippen molar-refractivity contribution in [3.63, 3.8) is 0 Å². The van der Waals surface area contributed by atoms with Crippen molar-refractivity contribution in [3.05, 3.63) is 29.8 Å². The summed E-state index contributed by atoms with van der Waals surface area (Å²) in [5.74, 6) is 0.418. The van der Waals surface area contributed by atoms with Crippen molar-refractivity contribution in [1.29, 1.82) is 0 Å². The van der Waals surface area contributed by atoms with Crippen molar-refractivity contribution < 1.29 is 14.3 Å². The molecule has 1 unspecified atom stereocenters. The topological polar surface area (TPSA) is 61.5 Å². The van der Waals surface area contributed by atoms with Gasteiger partial charge in [-0.25, -0.2) is 0 Å². The summed E-state index contributed by atoms with van der Waals surface area (Å²) >= 11 is 0. The quantitative estimate of drug-likeness (QED) is 0.831. The van der Waals surface area contributed by atoms with Crippen LogP contribution in [0, 0.1) is 0 Å². The van der Waals surface area contributed by atoms with E-state index in [4.69, 9.17) is 15.2 Å². The van der Waals surface area contributed by atoms with Gasteiger partial charge in [-0.1, -0.05) is 18.2 Å². The molecule has 1 atom stereocenters. The maximum Gasteiger partial charge on any atom is 0.306 e. The van der Waals surface area contributed by atoms with Crippen molar-refractivity contribution in [2.45, 2.75) is 38.7 Å². The molecule has 0 fully saturated rings. The Balaban J connectivity index is 2.81. The number of methoxy groups -OCH3 is 1. The highest BCUT2D eigenvalue weighted by molar-refractivity contribution is 5.71. The van der Waals surface area contributed by atoms with Gasteiger partial charge in [-0.3, -0.25) is 4.79 Å². The lowest BCUT2D eigenvalue weighted by molar-refractivity contribution is -0.155. The van der Waals surface area contributed by atoms with Crippen molar-refractivity contribution >= 4 is 5.97 Å². The van der Waals surface area contributed by atoms with Crippen LogP contribution in [-0.2, 0) is 9.53 Å². The molecule has 1 rings (SSSR count). The monoisotopic (exact) mass is 265 g/mol. The third-order valence-corrected chi connectivity index (χ3v) is 2.70. The minimum absolute atomic E-state index is 0.0917. The molecule has 0 aliphatic carbocycles. The van der Waals surface area contributed by atoms with E-state index in [0.717, 1.165) is 11.3 Å². The summed E-state index contributed by atoms with van der Waals surface area (Å²) in [6, 6.07) is 7.60. The summed E-state index contributed by atoms with van der Waals surface area (Å²) in [6.45, 7) is 5.93. The molecule has 0 amide bonds.